The zero-order valence-electron chi connectivity index (χ0n) is 15.3. The number of nitrogens with one attached hydrogen (secondary N) is 1. The normalized spacial score (nSPS) is 10.4. The van der Waals surface area contributed by atoms with Crippen LogP contribution in [0.2, 0.25) is 0 Å². The van der Waals surface area contributed by atoms with Crippen LogP contribution >= 0.6 is 11.3 Å². The standard InChI is InChI=1S/C21H18FN3O3S/c22-15-6-8-17(9-7-15)25(11-10-19(23)26)21(28)14-3-1-4-16(13-14)24-20(27)18-5-2-12-29-18/h1-9,12-13H,10-11H2,(H2,23,26)(H,24,27). The Morgan fingerprint density at radius 1 is 1.03 bits per heavy atom. The van der Waals surface area contributed by atoms with Gasteiger partial charge >= 0.3 is 0 Å². The summed E-state index contributed by atoms with van der Waals surface area (Å²) in [5.74, 6) is -1.66. The molecule has 3 amide bonds. The number of hydrogen-bond donors (Lipinski definition) is 2. The van der Waals surface area contributed by atoms with E-state index in [1.165, 1.54) is 40.5 Å². The minimum atomic E-state index is -0.554. The number of nitrogens with zero attached hydrogens (tertiary/aromatic N) is 1. The van der Waals surface area contributed by atoms with E-state index < -0.39 is 17.6 Å². The molecule has 0 saturated carbocycles. The lowest BCUT2D eigenvalue weighted by Crippen LogP contribution is -2.34. The van der Waals surface area contributed by atoms with Crippen LogP contribution in [-0.4, -0.2) is 24.3 Å². The zero-order chi connectivity index (χ0) is 20.8. The van der Waals surface area contributed by atoms with Gasteiger partial charge in [-0.3, -0.25) is 14.4 Å². The first-order valence-corrected chi connectivity index (χ1v) is 9.62. The lowest BCUT2D eigenvalue weighted by atomic mass is 10.1. The van der Waals surface area contributed by atoms with Crippen LogP contribution in [0.4, 0.5) is 15.8 Å². The number of benzene rings is 2. The Morgan fingerprint density at radius 3 is 2.45 bits per heavy atom. The van der Waals surface area contributed by atoms with Gasteiger partial charge < -0.3 is 16.0 Å². The van der Waals surface area contributed by atoms with Crippen LogP contribution in [0.15, 0.2) is 66.0 Å². The molecular weight excluding hydrogens is 393 g/mol. The Balaban J connectivity index is 1.84. The average molecular weight is 411 g/mol. The highest BCUT2D eigenvalue weighted by Gasteiger charge is 2.19. The van der Waals surface area contributed by atoms with Crippen molar-refractivity contribution in [3.63, 3.8) is 0 Å². The summed E-state index contributed by atoms with van der Waals surface area (Å²) in [6.07, 6.45) is -0.0437. The summed E-state index contributed by atoms with van der Waals surface area (Å²) in [6.45, 7) is 0.0472. The topological polar surface area (TPSA) is 92.5 Å². The maximum atomic E-state index is 13.3. The maximum absolute atomic E-state index is 13.3. The molecule has 6 nitrogen and oxygen atoms in total. The van der Waals surface area contributed by atoms with Gasteiger partial charge in [-0.25, -0.2) is 4.39 Å². The largest absolute Gasteiger partial charge is 0.370 e. The third-order valence-corrected chi connectivity index (χ3v) is 4.95. The quantitative estimate of drug-likeness (QED) is 0.621. The summed E-state index contributed by atoms with van der Waals surface area (Å²) >= 11 is 1.31. The number of carbonyl (C=O) groups excluding carboxylic acids is 3. The van der Waals surface area contributed by atoms with Crippen molar-refractivity contribution >= 4 is 40.4 Å². The van der Waals surface area contributed by atoms with Crippen molar-refractivity contribution in [2.75, 3.05) is 16.8 Å². The van der Waals surface area contributed by atoms with Crippen molar-refractivity contribution in [1.29, 1.82) is 0 Å². The Bertz CT molecular complexity index is 1020. The van der Waals surface area contributed by atoms with E-state index in [0.29, 0.717) is 21.8 Å². The second-order valence-corrected chi connectivity index (χ2v) is 7.11. The van der Waals surface area contributed by atoms with Crippen LogP contribution in [0.3, 0.4) is 0 Å². The first kappa shape index (κ1) is 20.2. The highest BCUT2D eigenvalue weighted by Crippen LogP contribution is 2.21. The highest BCUT2D eigenvalue weighted by molar-refractivity contribution is 7.12. The fraction of sp³-hybridized carbons (Fsp3) is 0.0952. The van der Waals surface area contributed by atoms with Crippen LogP contribution in [0.1, 0.15) is 26.5 Å². The Hall–Kier alpha value is -3.52. The van der Waals surface area contributed by atoms with E-state index >= 15 is 0 Å². The van der Waals surface area contributed by atoms with Crippen LogP contribution in [0, 0.1) is 5.82 Å². The molecule has 3 aromatic rings. The smallest absolute Gasteiger partial charge is 0.265 e. The van der Waals surface area contributed by atoms with Gasteiger partial charge in [0.2, 0.25) is 5.91 Å². The molecule has 0 bridgehead atoms. The third-order valence-electron chi connectivity index (χ3n) is 4.08. The van der Waals surface area contributed by atoms with Gasteiger partial charge in [-0.1, -0.05) is 12.1 Å². The van der Waals surface area contributed by atoms with Gasteiger partial charge in [0.15, 0.2) is 0 Å². The lowest BCUT2D eigenvalue weighted by molar-refractivity contribution is -0.117. The van der Waals surface area contributed by atoms with Gasteiger partial charge in [0.25, 0.3) is 11.8 Å². The molecule has 2 aromatic carbocycles. The lowest BCUT2D eigenvalue weighted by Gasteiger charge is -2.23. The van der Waals surface area contributed by atoms with Crippen molar-refractivity contribution in [1.82, 2.24) is 0 Å². The zero-order valence-corrected chi connectivity index (χ0v) is 16.1. The van der Waals surface area contributed by atoms with Crippen LogP contribution in [0.5, 0.6) is 0 Å². The summed E-state index contributed by atoms with van der Waals surface area (Å²) in [5.41, 5.74) is 6.43. The average Bonchev–Trinajstić information content (AvgIpc) is 3.24. The van der Waals surface area contributed by atoms with Crippen molar-refractivity contribution in [3.05, 3.63) is 82.3 Å². The molecule has 0 radical (unpaired) electrons. The minimum absolute atomic E-state index is 0.0437. The van der Waals surface area contributed by atoms with E-state index in [2.05, 4.69) is 5.32 Å². The number of halogens is 1. The summed E-state index contributed by atoms with van der Waals surface area (Å²) in [6, 6.07) is 15.3. The van der Waals surface area contributed by atoms with Crippen molar-refractivity contribution in [2.45, 2.75) is 6.42 Å². The van der Waals surface area contributed by atoms with E-state index in [-0.39, 0.29) is 18.9 Å². The number of nitrogens with two attached hydrogens (primary N) is 1. The van der Waals surface area contributed by atoms with Gasteiger partial charge in [-0.15, -0.1) is 11.3 Å². The van der Waals surface area contributed by atoms with Crippen LogP contribution in [0.25, 0.3) is 0 Å². The number of primary amides is 1. The van der Waals surface area contributed by atoms with E-state index in [1.54, 1.807) is 41.8 Å². The fourth-order valence-corrected chi connectivity index (χ4v) is 3.30. The predicted molar refractivity (Wildman–Crippen MR) is 111 cm³/mol. The summed E-state index contributed by atoms with van der Waals surface area (Å²) in [5, 5.41) is 4.55. The van der Waals surface area contributed by atoms with Crippen LogP contribution in [-0.2, 0) is 4.79 Å². The SMILES string of the molecule is NC(=O)CCN(C(=O)c1cccc(NC(=O)c2cccs2)c1)c1ccc(F)cc1. The van der Waals surface area contributed by atoms with Gasteiger partial charge in [-0.05, 0) is 53.9 Å². The minimum Gasteiger partial charge on any atom is -0.370 e. The molecule has 0 saturated heterocycles. The summed E-state index contributed by atoms with van der Waals surface area (Å²) < 4.78 is 13.3. The monoisotopic (exact) mass is 411 g/mol. The van der Waals surface area contributed by atoms with E-state index in [1.807, 2.05) is 0 Å². The molecule has 0 spiro atoms. The number of hydrogen-bond acceptors (Lipinski definition) is 4. The molecule has 3 rings (SSSR count). The number of carbonyl (C=O) groups is 3. The second kappa shape index (κ2) is 9.11. The molecule has 1 aromatic heterocycles. The van der Waals surface area contributed by atoms with Gasteiger partial charge in [-0.2, -0.15) is 0 Å². The van der Waals surface area contributed by atoms with Gasteiger partial charge in [0, 0.05) is 29.9 Å². The Kier molecular flexibility index (Phi) is 6.36. The predicted octanol–water partition coefficient (Wildman–Crippen LogP) is 3.66. The van der Waals surface area contributed by atoms with E-state index in [9.17, 15) is 18.8 Å². The van der Waals surface area contributed by atoms with Crippen LogP contribution < -0.4 is 16.0 Å². The molecule has 8 heteroatoms. The van der Waals surface area contributed by atoms with E-state index in [4.69, 9.17) is 5.73 Å². The maximum Gasteiger partial charge on any atom is 0.265 e. The van der Waals surface area contributed by atoms with Crippen molar-refractivity contribution in [2.24, 2.45) is 5.73 Å². The Morgan fingerprint density at radius 2 is 1.79 bits per heavy atom. The number of amides is 3. The molecule has 0 aliphatic heterocycles. The highest BCUT2D eigenvalue weighted by atomic mass is 32.1. The molecule has 0 fully saturated rings. The number of thiophene rings is 1. The molecular formula is C21H18FN3O3S. The first-order valence-electron chi connectivity index (χ1n) is 8.74. The molecule has 0 aliphatic carbocycles. The fourth-order valence-electron chi connectivity index (χ4n) is 2.68. The molecule has 1 heterocycles. The second-order valence-electron chi connectivity index (χ2n) is 6.16. The summed E-state index contributed by atoms with van der Waals surface area (Å²) in [7, 11) is 0. The van der Waals surface area contributed by atoms with Crippen molar-refractivity contribution < 1.29 is 18.8 Å². The third kappa shape index (κ3) is 5.26. The van der Waals surface area contributed by atoms with Gasteiger partial charge in [0.1, 0.15) is 5.82 Å². The molecule has 0 unspecified atom stereocenters. The van der Waals surface area contributed by atoms with E-state index in [0.717, 1.165) is 0 Å². The summed E-state index contributed by atoms with van der Waals surface area (Å²) in [4.78, 5) is 38.4. The molecule has 0 aliphatic rings. The molecule has 0 atom stereocenters. The number of anilines is 2. The Labute approximate surface area is 170 Å². The first-order chi connectivity index (χ1) is 13.9. The number of rotatable bonds is 7. The molecule has 148 valence electrons. The molecule has 29 heavy (non-hydrogen) atoms. The van der Waals surface area contributed by atoms with Crippen molar-refractivity contribution in [3.8, 4) is 0 Å². The molecule has 3 N–H and O–H groups in total. The van der Waals surface area contributed by atoms with Gasteiger partial charge in [0.05, 0.1) is 4.88 Å².